The van der Waals surface area contributed by atoms with Gasteiger partial charge >= 0.3 is 6.18 Å². The van der Waals surface area contributed by atoms with Crippen LogP contribution in [0.3, 0.4) is 0 Å². The Bertz CT molecular complexity index is 632. The van der Waals surface area contributed by atoms with E-state index in [1.165, 1.54) is 12.8 Å². The highest BCUT2D eigenvalue weighted by molar-refractivity contribution is 5.07. The lowest BCUT2D eigenvalue weighted by molar-refractivity contribution is -0.178. The maximum Gasteiger partial charge on any atom is 0.411 e. The second-order valence-electron chi connectivity index (χ2n) is 5.61. The molecule has 1 aliphatic rings. The third-order valence-corrected chi connectivity index (χ3v) is 3.70. The van der Waals surface area contributed by atoms with Crippen molar-refractivity contribution >= 4 is 0 Å². The van der Waals surface area contributed by atoms with Gasteiger partial charge in [-0.25, -0.2) is 0 Å². The second kappa shape index (κ2) is 6.69. The molecule has 3 rings (SSSR count). The molecule has 0 N–H and O–H groups in total. The van der Waals surface area contributed by atoms with Gasteiger partial charge in [0.05, 0.1) is 18.2 Å². The van der Waals surface area contributed by atoms with E-state index >= 15 is 0 Å². The van der Waals surface area contributed by atoms with E-state index in [0.29, 0.717) is 18.3 Å². The molecular formula is C14H17F3N4O2. The van der Waals surface area contributed by atoms with Gasteiger partial charge in [-0.15, -0.1) is 0 Å². The molecule has 0 aromatic carbocycles. The highest BCUT2D eigenvalue weighted by Crippen LogP contribution is 2.28. The van der Waals surface area contributed by atoms with Crippen molar-refractivity contribution < 1.29 is 22.4 Å². The lowest BCUT2D eigenvalue weighted by atomic mass is 10.3. The van der Waals surface area contributed by atoms with Crippen LogP contribution in [0.5, 0.6) is 0 Å². The van der Waals surface area contributed by atoms with E-state index < -0.39 is 12.8 Å². The third-order valence-electron chi connectivity index (χ3n) is 3.70. The minimum Gasteiger partial charge on any atom is -0.362 e. The van der Waals surface area contributed by atoms with Crippen LogP contribution in [0, 0.1) is 0 Å². The van der Waals surface area contributed by atoms with Crippen molar-refractivity contribution in [2.45, 2.75) is 50.9 Å². The summed E-state index contributed by atoms with van der Waals surface area (Å²) in [6.45, 7) is -1.69. The van der Waals surface area contributed by atoms with Gasteiger partial charge in [-0.3, -0.25) is 4.68 Å². The second-order valence-corrected chi connectivity index (χ2v) is 5.61. The molecule has 126 valence electrons. The van der Waals surface area contributed by atoms with E-state index in [4.69, 9.17) is 4.52 Å². The minimum atomic E-state index is -4.37. The molecule has 6 nitrogen and oxygen atoms in total. The number of rotatable bonds is 6. The standard InChI is InChI=1S/C14H17F3N4O2/c15-14(16,17)9-22-8-13-18-12(20-23-13)7-10-5-6-21(19-10)11-3-1-2-4-11/h5-6,11H,1-4,7-9H2. The molecule has 1 aliphatic carbocycles. The van der Waals surface area contributed by atoms with Crippen LogP contribution < -0.4 is 0 Å². The van der Waals surface area contributed by atoms with Crippen LogP contribution in [-0.4, -0.2) is 32.7 Å². The average Bonchev–Trinajstić information content (AvgIpc) is 3.18. The number of halogens is 3. The zero-order valence-corrected chi connectivity index (χ0v) is 12.4. The summed E-state index contributed by atoms with van der Waals surface area (Å²) in [6, 6.07) is 2.36. The molecule has 2 aromatic rings. The fraction of sp³-hybridized carbons (Fsp3) is 0.643. The van der Waals surface area contributed by atoms with E-state index in [1.54, 1.807) is 0 Å². The number of hydrogen-bond donors (Lipinski definition) is 0. The zero-order chi connectivity index (χ0) is 16.3. The third kappa shape index (κ3) is 4.54. The molecule has 0 saturated heterocycles. The number of ether oxygens (including phenoxy) is 1. The van der Waals surface area contributed by atoms with Crippen molar-refractivity contribution in [2.75, 3.05) is 6.61 Å². The maximum atomic E-state index is 12.0. The molecule has 2 aromatic heterocycles. The number of alkyl halides is 3. The van der Waals surface area contributed by atoms with Gasteiger partial charge in [0.1, 0.15) is 13.2 Å². The summed E-state index contributed by atoms with van der Waals surface area (Å²) in [5.74, 6) is 0.409. The quantitative estimate of drug-likeness (QED) is 0.814. The molecule has 0 aliphatic heterocycles. The van der Waals surface area contributed by atoms with Gasteiger partial charge < -0.3 is 9.26 Å². The van der Waals surface area contributed by atoms with Crippen LogP contribution in [0.4, 0.5) is 13.2 Å². The predicted octanol–water partition coefficient (Wildman–Crippen LogP) is 3.05. The van der Waals surface area contributed by atoms with Crippen LogP contribution in [-0.2, 0) is 17.8 Å². The smallest absolute Gasteiger partial charge is 0.362 e. The molecule has 23 heavy (non-hydrogen) atoms. The van der Waals surface area contributed by atoms with Crippen LogP contribution in [0.2, 0.25) is 0 Å². The summed E-state index contributed by atoms with van der Waals surface area (Å²) in [5.41, 5.74) is 0.806. The lowest BCUT2D eigenvalue weighted by Gasteiger charge is -2.08. The van der Waals surface area contributed by atoms with Gasteiger partial charge in [0.25, 0.3) is 5.89 Å². The van der Waals surface area contributed by atoms with Crippen LogP contribution in [0.1, 0.15) is 49.1 Å². The lowest BCUT2D eigenvalue weighted by Crippen LogP contribution is -2.16. The molecule has 0 atom stereocenters. The van der Waals surface area contributed by atoms with Crippen molar-refractivity contribution in [2.24, 2.45) is 0 Å². The van der Waals surface area contributed by atoms with E-state index in [9.17, 15) is 13.2 Å². The highest BCUT2D eigenvalue weighted by atomic mass is 19.4. The summed E-state index contributed by atoms with van der Waals surface area (Å²) in [7, 11) is 0. The molecule has 1 saturated carbocycles. The SMILES string of the molecule is FC(F)(F)COCc1nc(Cc2ccn(C3CCCC3)n2)no1. The topological polar surface area (TPSA) is 66.0 Å². The van der Waals surface area contributed by atoms with Crippen molar-refractivity contribution in [1.29, 1.82) is 0 Å². The Morgan fingerprint density at radius 1 is 1.30 bits per heavy atom. The van der Waals surface area contributed by atoms with E-state index in [1.807, 2.05) is 16.9 Å². The van der Waals surface area contributed by atoms with E-state index in [0.717, 1.165) is 18.5 Å². The average molecular weight is 330 g/mol. The van der Waals surface area contributed by atoms with E-state index in [-0.39, 0.29) is 12.5 Å². The Morgan fingerprint density at radius 3 is 2.83 bits per heavy atom. The van der Waals surface area contributed by atoms with Crippen LogP contribution in [0.25, 0.3) is 0 Å². The Kier molecular flexibility index (Phi) is 4.65. The predicted molar refractivity (Wildman–Crippen MR) is 72.5 cm³/mol. The van der Waals surface area contributed by atoms with Gasteiger partial charge in [0.2, 0.25) is 0 Å². The van der Waals surface area contributed by atoms with Crippen molar-refractivity contribution in [3.63, 3.8) is 0 Å². The molecule has 9 heteroatoms. The van der Waals surface area contributed by atoms with E-state index in [2.05, 4.69) is 20.0 Å². The molecular weight excluding hydrogens is 313 g/mol. The fourth-order valence-electron chi connectivity index (χ4n) is 2.68. The molecule has 2 heterocycles. The number of hydrogen-bond acceptors (Lipinski definition) is 5. The van der Waals surface area contributed by atoms with Crippen LogP contribution >= 0.6 is 0 Å². The summed E-state index contributed by atoms with van der Waals surface area (Å²) < 4.78 is 47.3. The molecule has 0 unspecified atom stereocenters. The Balaban J connectivity index is 1.52. The fourth-order valence-corrected chi connectivity index (χ4v) is 2.68. The normalized spacial score (nSPS) is 16.3. The first-order valence-corrected chi connectivity index (χ1v) is 7.49. The minimum absolute atomic E-state index is 0.0273. The van der Waals surface area contributed by atoms with Gasteiger partial charge in [-0.2, -0.15) is 23.3 Å². The van der Waals surface area contributed by atoms with Crippen molar-refractivity contribution in [1.82, 2.24) is 19.9 Å². The molecule has 1 fully saturated rings. The zero-order valence-electron chi connectivity index (χ0n) is 12.4. The number of nitrogens with zero attached hydrogens (tertiary/aromatic N) is 4. The van der Waals surface area contributed by atoms with Crippen LogP contribution in [0.15, 0.2) is 16.8 Å². The first-order valence-electron chi connectivity index (χ1n) is 7.49. The molecule has 0 spiro atoms. The highest BCUT2D eigenvalue weighted by Gasteiger charge is 2.27. The first kappa shape index (κ1) is 16.0. The van der Waals surface area contributed by atoms with Gasteiger partial charge in [-0.1, -0.05) is 18.0 Å². The van der Waals surface area contributed by atoms with Crippen molar-refractivity contribution in [3.8, 4) is 0 Å². The first-order chi connectivity index (χ1) is 11.0. The maximum absolute atomic E-state index is 12.0. The molecule has 0 radical (unpaired) electrons. The Morgan fingerprint density at radius 2 is 2.09 bits per heavy atom. The summed E-state index contributed by atoms with van der Waals surface area (Å²) in [5, 5.41) is 8.24. The number of aromatic nitrogens is 4. The van der Waals surface area contributed by atoms with Gasteiger partial charge in [0.15, 0.2) is 5.82 Å². The molecule has 0 amide bonds. The summed E-state index contributed by atoms with van der Waals surface area (Å²) in [6.07, 6.45) is 2.70. The van der Waals surface area contributed by atoms with Gasteiger partial charge in [-0.05, 0) is 18.9 Å². The molecule has 0 bridgehead atoms. The monoisotopic (exact) mass is 330 g/mol. The summed E-state index contributed by atoms with van der Waals surface area (Å²) >= 11 is 0. The van der Waals surface area contributed by atoms with Crippen molar-refractivity contribution in [3.05, 3.63) is 29.7 Å². The Hall–Kier alpha value is -1.90. The van der Waals surface area contributed by atoms with Gasteiger partial charge in [0, 0.05) is 6.20 Å². The largest absolute Gasteiger partial charge is 0.411 e. The summed E-state index contributed by atoms with van der Waals surface area (Å²) in [4.78, 5) is 4.01. The Labute approximate surface area is 130 Å².